The number of para-hydroxylation sites is 2. The molecule has 31 heavy (non-hydrogen) atoms. The van der Waals surface area contributed by atoms with Gasteiger partial charge in [-0.2, -0.15) is 13.5 Å². The predicted molar refractivity (Wildman–Crippen MR) is 108 cm³/mol. The minimum absolute atomic E-state index is 0.0261. The molecule has 2 rings (SSSR count). The highest BCUT2D eigenvalue weighted by atomic mass is 32.2. The smallest absolute Gasteiger partial charge is 0.387 e. The Morgan fingerprint density at radius 3 is 2.23 bits per heavy atom. The Bertz CT molecular complexity index is 1000. The zero-order valence-electron chi connectivity index (χ0n) is 16.7. The maximum atomic E-state index is 12.5. The SMILES string of the molecule is CC(C)[C@@H](NS(=O)(=O)c1ccccc1)C(=O)OCC(=O)Nc1ccccc1OC(F)F. The number of halogens is 2. The number of carbonyl (C=O) groups excluding carboxylic acids is 2. The van der Waals surface area contributed by atoms with Gasteiger partial charge in [-0.3, -0.25) is 9.59 Å². The van der Waals surface area contributed by atoms with Crippen LogP contribution in [0.25, 0.3) is 0 Å². The van der Waals surface area contributed by atoms with Gasteiger partial charge in [0.05, 0.1) is 10.6 Å². The van der Waals surface area contributed by atoms with Gasteiger partial charge in [0, 0.05) is 0 Å². The van der Waals surface area contributed by atoms with Crippen LogP contribution in [0.4, 0.5) is 14.5 Å². The highest BCUT2D eigenvalue weighted by Gasteiger charge is 2.30. The molecule has 0 aliphatic heterocycles. The third-order valence-electron chi connectivity index (χ3n) is 3.98. The lowest BCUT2D eigenvalue weighted by atomic mass is 10.1. The number of carbonyl (C=O) groups is 2. The molecular weight excluding hydrogens is 434 g/mol. The van der Waals surface area contributed by atoms with Crippen molar-refractivity contribution in [3.05, 3.63) is 54.6 Å². The van der Waals surface area contributed by atoms with Crippen LogP contribution in [0.2, 0.25) is 0 Å². The van der Waals surface area contributed by atoms with E-state index in [4.69, 9.17) is 4.74 Å². The summed E-state index contributed by atoms with van der Waals surface area (Å²) in [5.74, 6) is -2.50. The van der Waals surface area contributed by atoms with Gasteiger partial charge in [0.2, 0.25) is 10.0 Å². The second kappa shape index (κ2) is 10.8. The molecule has 0 heterocycles. The maximum absolute atomic E-state index is 12.5. The Labute approximate surface area is 178 Å². The zero-order chi connectivity index (χ0) is 23.0. The van der Waals surface area contributed by atoms with Gasteiger partial charge in [0.15, 0.2) is 6.61 Å². The molecule has 168 valence electrons. The number of hydrogen-bond donors (Lipinski definition) is 2. The van der Waals surface area contributed by atoms with Crippen LogP contribution in [0.15, 0.2) is 59.5 Å². The summed E-state index contributed by atoms with van der Waals surface area (Å²) in [5.41, 5.74) is -0.0333. The van der Waals surface area contributed by atoms with Crippen LogP contribution in [0.1, 0.15) is 13.8 Å². The van der Waals surface area contributed by atoms with Gasteiger partial charge < -0.3 is 14.8 Å². The number of benzene rings is 2. The number of hydrogen-bond acceptors (Lipinski definition) is 6. The first kappa shape index (κ1) is 24.2. The molecule has 0 aliphatic carbocycles. The summed E-state index contributed by atoms with van der Waals surface area (Å²) in [6.45, 7) is -0.618. The van der Waals surface area contributed by atoms with Crippen molar-refractivity contribution >= 4 is 27.6 Å². The second-order valence-electron chi connectivity index (χ2n) is 6.69. The van der Waals surface area contributed by atoms with Crippen molar-refractivity contribution in [2.75, 3.05) is 11.9 Å². The quantitative estimate of drug-likeness (QED) is 0.532. The lowest BCUT2D eigenvalue weighted by molar-refractivity contribution is -0.150. The minimum atomic E-state index is -3.99. The fourth-order valence-corrected chi connectivity index (χ4v) is 3.83. The molecule has 2 N–H and O–H groups in total. The Kier molecular flexibility index (Phi) is 8.46. The molecule has 0 spiro atoms. The van der Waals surface area contributed by atoms with E-state index in [1.807, 2.05) is 0 Å². The van der Waals surface area contributed by atoms with Crippen molar-refractivity contribution in [3.63, 3.8) is 0 Å². The van der Waals surface area contributed by atoms with Gasteiger partial charge in [-0.15, -0.1) is 0 Å². The first-order valence-electron chi connectivity index (χ1n) is 9.18. The van der Waals surface area contributed by atoms with E-state index in [0.29, 0.717) is 0 Å². The Balaban J connectivity index is 2.00. The largest absolute Gasteiger partial charge is 0.454 e. The van der Waals surface area contributed by atoms with E-state index in [9.17, 15) is 26.8 Å². The monoisotopic (exact) mass is 456 g/mol. The average Bonchev–Trinajstić information content (AvgIpc) is 2.72. The first-order valence-corrected chi connectivity index (χ1v) is 10.7. The molecule has 0 saturated carbocycles. The molecule has 0 fully saturated rings. The summed E-state index contributed by atoms with van der Waals surface area (Å²) < 4.78 is 61.4. The standard InChI is InChI=1S/C20H22F2N2O6S/c1-13(2)18(24-31(27,28)14-8-4-3-5-9-14)19(26)29-12-17(25)23-15-10-6-7-11-16(15)30-20(21)22/h3-11,13,18,20,24H,12H2,1-2H3,(H,23,25)/t18-/m1/s1. The Morgan fingerprint density at radius 2 is 1.61 bits per heavy atom. The maximum Gasteiger partial charge on any atom is 0.387 e. The van der Waals surface area contributed by atoms with E-state index >= 15 is 0 Å². The highest BCUT2D eigenvalue weighted by molar-refractivity contribution is 7.89. The molecular formula is C20H22F2N2O6S. The molecule has 1 amide bonds. The van der Waals surface area contributed by atoms with Gasteiger partial charge in [-0.25, -0.2) is 8.42 Å². The Morgan fingerprint density at radius 1 is 1.00 bits per heavy atom. The molecule has 0 unspecified atom stereocenters. The summed E-state index contributed by atoms with van der Waals surface area (Å²) in [6.07, 6.45) is 0. The van der Waals surface area contributed by atoms with Crippen molar-refractivity contribution in [2.24, 2.45) is 5.92 Å². The van der Waals surface area contributed by atoms with E-state index in [-0.39, 0.29) is 16.3 Å². The van der Waals surface area contributed by atoms with Crippen molar-refractivity contribution < 1.29 is 36.3 Å². The zero-order valence-corrected chi connectivity index (χ0v) is 17.6. The van der Waals surface area contributed by atoms with E-state index in [0.717, 1.165) is 0 Å². The van der Waals surface area contributed by atoms with Crippen molar-refractivity contribution in [1.82, 2.24) is 4.72 Å². The summed E-state index contributed by atoms with van der Waals surface area (Å²) in [4.78, 5) is 24.5. The van der Waals surface area contributed by atoms with Crippen molar-refractivity contribution in [3.8, 4) is 5.75 Å². The summed E-state index contributed by atoms with van der Waals surface area (Å²) in [5, 5.41) is 2.30. The fraction of sp³-hybridized carbons (Fsp3) is 0.300. The van der Waals surface area contributed by atoms with Crippen LogP contribution in [0.5, 0.6) is 5.75 Å². The van der Waals surface area contributed by atoms with Crippen molar-refractivity contribution in [1.29, 1.82) is 0 Å². The molecule has 8 nitrogen and oxygen atoms in total. The molecule has 0 aromatic heterocycles. The molecule has 0 aliphatic rings. The molecule has 11 heteroatoms. The second-order valence-corrected chi connectivity index (χ2v) is 8.40. The average molecular weight is 456 g/mol. The van der Waals surface area contributed by atoms with E-state index in [1.54, 1.807) is 19.9 Å². The van der Waals surface area contributed by atoms with Gasteiger partial charge in [-0.05, 0) is 30.2 Å². The third-order valence-corrected chi connectivity index (χ3v) is 5.44. The molecule has 1 atom stereocenters. The number of rotatable bonds is 10. The number of esters is 1. The van der Waals surface area contributed by atoms with Crippen LogP contribution < -0.4 is 14.8 Å². The van der Waals surface area contributed by atoms with Gasteiger partial charge in [0.1, 0.15) is 11.8 Å². The summed E-state index contributed by atoms with van der Waals surface area (Å²) >= 11 is 0. The summed E-state index contributed by atoms with van der Waals surface area (Å²) in [6, 6.07) is 11.7. The Hall–Kier alpha value is -3.05. The number of anilines is 1. The molecule has 0 bridgehead atoms. The number of sulfonamides is 1. The first-order chi connectivity index (χ1) is 14.6. The van der Waals surface area contributed by atoms with E-state index in [1.165, 1.54) is 48.5 Å². The molecule has 2 aromatic carbocycles. The van der Waals surface area contributed by atoms with Gasteiger partial charge in [-0.1, -0.05) is 44.2 Å². The lowest BCUT2D eigenvalue weighted by Gasteiger charge is -2.20. The normalized spacial score (nSPS) is 12.5. The lowest BCUT2D eigenvalue weighted by Crippen LogP contribution is -2.45. The number of amides is 1. The highest BCUT2D eigenvalue weighted by Crippen LogP contribution is 2.25. The van der Waals surface area contributed by atoms with Gasteiger partial charge in [0.25, 0.3) is 5.91 Å². The minimum Gasteiger partial charge on any atom is -0.454 e. The van der Waals surface area contributed by atoms with E-state index in [2.05, 4.69) is 14.8 Å². The van der Waals surface area contributed by atoms with Crippen LogP contribution in [-0.2, 0) is 24.3 Å². The third kappa shape index (κ3) is 7.30. The molecule has 2 aromatic rings. The van der Waals surface area contributed by atoms with Crippen LogP contribution in [0.3, 0.4) is 0 Å². The summed E-state index contributed by atoms with van der Waals surface area (Å²) in [7, 11) is -3.99. The fourth-order valence-electron chi connectivity index (χ4n) is 2.47. The van der Waals surface area contributed by atoms with Crippen LogP contribution >= 0.6 is 0 Å². The van der Waals surface area contributed by atoms with E-state index < -0.39 is 47.1 Å². The van der Waals surface area contributed by atoms with Gasteiger partial charge >= 0.3 is 12.6 Å². The number of alkyl halides is 2. The van der Waals surface area contributed by atoms with Crippen molar-refractivity contribution in [2.45, 2.75) is 31.4 Å². The number of nitrogens with one attached hydrogen (secondary N) is 2. The van der Waals surface area contributed by atoms with Crippen LogP contribution in [0, 0.1) is 5.92 Å². The number of ether oxygens (including phenoxy) is 2. The topological polar surface area (TPSA) is 111 Å². The molecule has 0 saturated heterocycles. The predicted octanol–water partition coefficient (Wildman–Crippen LogP) is 2.77. The van der Waals surface area contributed by atoms with Crippen LogP contribution in [-0.4, -0.2) is 39.6 Å². The molecule has 0 radical (unpaired) electrons.